The van der Waals surface area contributed by atoms with Crippen molar-refractivity contribution in [1.29, 1.82) is 0 Å². The van der Waals surface area contributed by atoms with Gasteiger partial charge in [0, 0.05) is 47.6 Å². The van der Waals surface area contributed by atoms with Crippen molar-refractivity contribution in [2.75, 3.05) is 31.8 Å². The van der Waals surface area contributed by atoms with Crippen molar-refractivity contribution in [3.05, 3.63) is 193 Å². The standard InChI is InChI=1S/C36H39Cl2N5O6.C31H30Cl2N4O4.4CH4.2H2S/c1-36(2,3)49-35(46)43-15-5-7-23-11-12-25(41-32(23)43)8-6-16-48-26-13-9-22(10-14-26)17-29(34(45)47-4)42-33(44)31-27(37)18-24(19-28(31)38)30-20-39-21-40-30;32-24-15-21(28-17-34-18-35-28)16-25(33)29(24)30(38)37-27(31(39)40)14-19-7-11-23(12-8-19)41-13-3-5-22-10-9-20-4-1-2-6-26(20)36-22;;;;;;/h9-14,18-21,29H,5-8,15-17H2,1-4H3,(H,39,40)(H,42,44);7-12,15-18,27H,1-6,13-14H2,(H,34,35)(H,37,38)(H,39,40);4*1H4;2*1H2/t29-;27-;;;;;;/m00....../s1. The number of aryl methyl sites for hydroxylation is 5. The van der Waals surface area contributed by atoms with E-state index in [4.69, 9.17) is 75.3 Å². The van der Waals surface area contributed by atoms with Crippen LogP contribution in [0.15, 0.2) is 122 Å². The highest BCUT2D eigenvalue weighted by molar-refractivity contribution is 7.59. The predicted octanol–water partition coefficient (Wildman–Crippen LogP) is 15.9. The van der Waals surface area contributed by atoms with Crippen molar-refractivity contribution >= 4 is 109 Å². The number of halogens is 4. The minimum Gasteiger partial charge on any atom is -0.494 e. The smallest absolute Gasteiger partial charge is 0.416 e. The summed E-state index contributed by atoms with van der Waals surface area (Å²) in [5.41, 5.74) is 9.33. The van der Waals surface area contributed by atoms with Gasteiger partial charge in [-0.1, -0.05) is 113 Å². The number of ether oxygens (including phenoxy) is 4. The van der Waals surface area contributed by atoms with Gasteiger partial charge in [0.05, 0.1) is 88.0 Å². The number of fused-ring (bicyclic) bond motifs is 2. The summed E-state index contributed by atoms with van der Waals surface area (Å²) in [4.78, 5) is 88.7. The molecule has 25 heteroatoms. The second-order valence-electron chi connectivity index (χ2n) is 22.7. The molecule has 0 fully saturated rings. The van der Waals surface area contributed by atoms with Gasteiger partial charge in [0.2, 0.25) is 0 Å². The summed E-state index contributed by atoms with van der Waals surface area (Å²) >= 11 is 25.6. The number of nitrogens with one attached hydrogen (secondary N) is 4. The average molecular weight is 1430 g/mol. The van der Waals surface area contributed by atoms with E-state index >= 15 is 0 Å². The van der Waals surface area contributed by atoms with Gasteiger partial charge < -0.3 is 44.7 Å². The number of imidazole rings is 2. The number of carboxylic acids is 1. The maximum atomic E-state index is 13.2. The Morgan fingerprint density at radius 2 is 1.05 bits per heavy atom. The first kappa shape index (κ1) is 82.4. The number of aromatic nitrogens is 6. The molecule has 5 N–H and O–H groups in total. The van der Waals surface area contributed by atoms with Crippen LogP contribution in [0.5, 0.6) is 11.5 Å². The quantitative estimate of drug-likeness (QED) is 0.0313. The minimum atomic E-state index is -1.18. The molecule has 2 atom stereocenters. The summed E-state index contributed by atoms with van der Waals surface area (Å²) in [5, 5.41) is 15.5. The molecule has 4 aromatic carbocycles. The lowest BCUT2D eigenvalue weighted by molar-refractivity contribution is -0.143. The lowest BCUT2D eigenvalue weighted by Crippen LogP contribution is -2.43. The number of esters is 1. The van der Waals surface area contributed by atoms with E-state index in [1.807, 2.05) is 57.2 Å². The van der Waals surface area contributed by atoms with Gasteiger partial charge >= 0.3 is 18.0 Å². The van der Waals surface area contributed by atoms with Crippen LogP contribution in [0.1, 0.15) is 143 Å². The van der Waals surface area contributed by atoms with E-state index in [1.165, 1.54) is 43.9 Å². The molecule has 0 bridgehead atoms. The number of carbonyl (C=O) groups is 5. The van der Waals surface area contributed by atoms with Crippen molar-refractivity contribution in [2.24, 2.45) is 0 Å². The number of carboxylic acid groups (broad SMARTS) is 1. The molecule has 1 aliphatic carbocycles. The number of hydrogen-bond donors (Lipinski definition) is 5. The van der Waals surface area contributed by atoms with Gasteiger partial charge in [-0.05, 0) is 168 Å². The first-order chi connectivity index (χ1) is 43.3. The molecule has 8 aromatic rings. The Hall–Kier alpha value is -7.79. The van der Waals surface area contributed by atoms with E-state index in [-0.39, 0.29) is 107 Å². The van der Waals surface area contributed by atoms with Crippen LogP contribution in [0.4, 0.5) is 10.6 Å². The first-order valence-electron chi connectivity index (χ1n) is 29.6. The molecule has 10 rings (SSSR count). The molecule has 19 nitrogen and oxygen atoms in total. The number of pyridine rings is 2. The van der Waals surface area contributed by atoms with Gasteiger partial charge in [0.25, 0.3) is 11.8 Å². The van der Waals surface area contributed by atoms with E-state index in [2.05, 4.69) is 42.7 Å². The normalized spacial score (nSPS) is 12.5. The topological polar surface area (TPSA) is 253 Å². The molecular weight excluding hydrogens is 1340 g/mol. The molecule has 0 saturated carbocycles. The molecule has 0 saturated heterocycles. The molecule has 4 aromatic heterocycles. The molecule has 0 radical (unpaired) electrons. The zero-order valence-corrected chi connectivity index (χ0v) is 56.2. The summed E-state index contributed by atoms with van der Waals surface area (Å²) < 4.78 is 22.4. The van der Waals surface area contributed by atoms with Gasteiger partial charge in [0.1, 0.15) is 35.0 Å². The second kappa shape index (κ2) is 38.8. The Kier molecular flexibility index (Phi) is 33.3. The number of anilines is 1. The van der Waals surface area contributed by atoms with Gasteiger partial charge in [-0.3, -0.25) is 19.5 Å². The highest BCUT2D eigenvalue weighted by Crippen LogP contribution is 2.34. The zero-order chi connectivity index (χ0) is 63.9. The third kappa shape index (κ3) is 22.7. The summed E-state index contributed by atoms with van der Waals surface area (Å²) in [7, 11) is 1.26. The number of nitrogens with zero attached hydrogens (tertiary/aromatic N) is 5. The van der Waals surface area contributed by atoms with Crippen LogP contribution in [-0.4, -0.2) is 109 Å². The summed E-state index contributed by atoms with van der Waals surface area (Å²) in [6, 6.07) is 27.0. The fraction of sp³-hybridized carbons (Fsp3) is 0.366. The fourth-order valence-electron chi connectivity index (χ4n) is 10.4. The van der Waals surface area contributed by atoms with Crippen LogP contribution < -0.4 is 25.0 Å². The SMILES string of the molecule is C.C.C.C.COC(=O)[C@H](Cc1ccc(OCCCc2ccc3c(n2)N(C(=O)OC(C)(C)C)CCC3)cc1)NC(=O)c1c(Cl)cc(-c2cnc[nH]2)cc1Cl.O=C(N[C@@H](Cc1ccc(OCCCc2ccc3c(n2)CCCC3)cc1)C(=O)O)c1c(Cl)cc(-c2cnc[nH]2)cc1Cl.S.S. The number of amides is 3. The predicted molar refractivity (Wildman–Crippen MR) is 393 cm³/mol. The van der Waals surface area contributed by atoms with Crippen molar-refractivity contribution in [3.8, 4) is 34.0 Å². The third-order valence-corrected chi connectivity index (χ3v) is 16.1. The average Bonchev–Trinajstić information content (AvgIpc) is 1.10. The van der Waals surface area contributed by atoms with Crippen molar-refractivity contribution in [1.82, 2.24) is 40.5 Å². The molecule has 96 heavy (non-hydrogen) atoms. The Labute approximate surface area is 597 Å². The Balaban J connectivity index is 0.000000477. The maximum Gasteiger partial charge on any atom is 0.416 e. The number of carbonyl (C=O) groups excluding carboxylic acids is 4. The van der Waals surface area contributed by atoms with Crippen LogP contribution in [0, 0.1) is 0 Å². The van der Waals surface area contributed by atoms with Crippen molar-refractivity contribution in [2.45, 2.75) is 145 Å². The van der Waals surface area contributed by atoms with Crippen LogP contribution in [0.2, 0.25) is 20.1 Å². The lowest BCUT2D eigenvalue weighted by atomic mass is 9.95. The van der Waals surface area contributed by atoms with E-state index in [0.717, 1.165) is 66.6 Å². The molecule has 2 aliphatic rings. The summed E-state index contributed by atoms with van der Waals surface area (Å²) in [5.74, 6) is -1.03. The van der Waals surface area contributed by atoms with Gasteiger partial charge in [-0.15, -0.1) is 0 Å². The van der Waals surface area contributed by atoms with Crippen LogP contribution >= 0.6 is 73.4 Å². The largest absolute Gasteiger partial charge is 0.494 e. The van der Waals surface area contributed by atoms with Crippen LogP contribution in [0.25, 0.3) is 22.5 Å². The first-order valence-corrected chi connectivity index (χ1v) is 31.1. The monoisotopic (exact) mass is 1430 g/mol. The number of aliphatic carboxylic acids is 1. The fourth-order valence-corrected chi connectivity index (χ4v) is 11.7. The third-order valence-electron chi connectivity index (χ3n) is 14.9. The number of hydrogen-bond acceptors (Lipinski definition) is 13. The molecule has 5 heterocycles. The van der Waals surface area contributed by atoms with E-state index in [1.54, 1.807) is 65.8 Å². The number of aromatic amines is 2. The Bertz CT molecular complexity index is 3780. The second-order valence-corrected chi connectivity index (χ2v) is 24.3. The van der Waals surface area contributed by atoms with E-state index < -0.39 is 41.4 Å². The van der Waals surface area contributed by atoms with Crippen LogP contribution in [0.3, 0.4) is 0 Å². The number of benzene rings is 4. The lowest BCUT2D eigenvalue weighted by Gasteiger charge is -2.31. The van der Waals surface area contributed by atoms with Crippen LogP contribution in [-0.2, 0) is 64.0 Å². The van der Waals surface area contributed by atoms with Gasteiger partial charge in [-0.25, -0.2) is 29.3 Å². The maximum absolute atomic E-state index is 13.2. The molecular formula is C71H89Cl4N9O10S2. The number of rotatable bonds is 22. The number of methoxy groups -OCH3 is 1. The summed E-state index contributed by atoms with van der Waals surface area (Å²) in [6.45, 7) is 7.14. The Morgan fingerprint density at radius 1 is 0.604 bits per heavy atom. The molecule has 518 valence electrons. The minimum absolute atomic E-state index is 0. The summed E-state index contributed by atoms with van der Waals surface area (Å²) in [6.07, 6.45) is 15.6. The molecule has 3 amide bonds. The van der Waals surface area contributed by atoms with E-state index in [9.17, 15) is 29.1 Å². The highest BCUT2D eigenvalue weighted by atomic mass is 35.5. The Morgan fingerprint density at radius 3 is 1.51 bits per heavy atom. The molecule has 0 spiro atoms. The molecule has 1 aliphatic heterocycles. The van der Waals surface area contributed by atoms with Gasteiger partial charge in [0.15, 0.2) is 0 Å². The van der Waals surface area contributed by atoms with E-state index in [0.29, 0.717) is 72.4 Å². The molecule has 0 unspecified atom stereocenters. The van der Waals surface area contributed by atoms with Crippen molar-refractivity contribution < 1.29 is 48.0 Å². The zero-order valence-electron chi connectivity index (χ0n) is 51.2. The van der Waals surface area contributed by atoms with Gasteiger partial charge in [-0.2, -0.15) is 27.0 Å². The van der Waals surface area contributed by atoms with Crippen molar-refractivity contribution in [3.63, 3.8) is 0 Å². The number of H-pyrrole nitrogens is 2. The highest BCUT2D eigenvalue weighted by Gasteiger charge is 2.30.